The van der Waals surface area contributed by atoms with E-state index in [4.69, 9.17) is 0 Å². The van der Waals surface area contributed by atoms with E-state index in [1.807, 2.05) is 6.92 Å². The number of carbonyl (C=O) groups is 2. The first-order valence-corrected chi connectivity index (χ1v) is 12.1. The van der Waals surface area contributed by atoms with Crippen LogP contribution in [-0.2, 0) is 11.0 Å². The lowest BCUT2D eigenvalue weighted by Gasteiger charge is -2.46. The summed E-state index contributed by atoms with van der Waals surface area (Å²) in [5.41, 5.74) is -1.03. The molecule has 1 saturated carbocycles. The van der Waals surface area contributed by atoms with Gasteiger partial charge in [-0.15, -0.1) is 0 Å². The number of rotatable bonds is 7. The maximum atomic E-state index is 13.2. The minimum Gasteiger partial charge on any atom is -0.393 e. The summed E-state index contributed by atoms with van der Waals surface area (Å²) in [5, 5.41) is 13.4. The smallest absolute Gasteiger partial charge is 0.393 e. The molecule has 5 unspecified atom stereocenters. The number of halogens is 3. The molecule has 2 N–H and O–H groups in total. The largest absolute Gasteiger partial charge is 0.416 e. The van der Waals surface area contributed by atoms with Crippen LogP contribution < -0.4 is 5.32 Å². The van der Waals surface area contributed by atoms with Crippen molar-refractivity contribution in [2.45, 2.75) is 89.3 Å². The summed E-state index contributed by atoms with van der Waals surface area (Å²) >= 11 is 0. The van der Waals surface area contributed by atoms with Gasteiger partial charge in [-0.05, 0) is 71.2 Å². The highest BCUT2D eigenvalue weighted by molar-refractivity contribution is 5.98. The predicted octanol–water partition coefficient (Wildman–Crippen LogP) is 3.68. The van der Waals surface area contributed by atoms with E-state index in [1.54, 1.807) is 4.90 Å². The second-order valence-electron chi connectivity index (χ2n) is 9.86. The van der Waals surface area contributed by atoms with Crippen molar-refractivity contribution in [3.63, 3.8) is 0 Å². The zero-order valence-corrected chi connectivity index (χ0v) is 20.3. The molecule has 6 nitrogen and oxygen atoms in total. The number of aliphatic hydroxyl groups excluding tert-OH is 1. The van der Waals surface area contributed by atoms with Crippen LogP contribution in [0.2, 0.25) is 0 Å². The van der Waals surface area contributed by atoms with Crippen molar-refractivity contribution in [3.05, 3.63) is 35.4 Å². The number of benzene rings is 1. The third kappa shape index (κ3) is 5.74. The van der Waals surface area contributed by atoms with Gasteiger partial charge in [-0.2, -0.15) is 13.2 Å². The summed E-state index contributed by atoms with van der Waals surface area (Å²) in [5.74, 6) is -0.986. The Morgan fingerprint density at radius 2 is 1.97 bits per heavy atom. The van der Waals surface area contributed by atoms with Gasteiger partial charge in [0.05, 0.1) is 11.7 Å². The van der Waals surface area contributed by atoms with Crippen LogP contribution in [-0.4, -0.2) is 70.6 Å². The van der Waals surface area contributed by atoms with Crippen molar-refractivity contribution in [1.82, 2.24) is 15.1 Å². The Kier molecular flexibility index (Phi) is 8.29. The van der Waals surface area contributed by atoms with Gasteiger partial charge < -0.3 is 20.2 Å². The molecule has 0 radical (unpaired) electrons. The quantitative estimate of drug-likeness (QED) is 0.621. The maximum Gasteiger partial charge on any atom is 0.416 e. The molecule has 1 aliphatic heterocycles. The van der Waals surface area contributed by atoms with Gasteiger partial charge in [-0.25, -0.2) is 0 Å². The molecule has 2 fully saturated rings. The minimum absolute atomic E-state index is 0.0631. The van der Waals surface area contributed by atoms with E-state index >= 15 is 0 Å². The van der Waals surface area contributed by atoms with Crippen molar-refractivity contribution in [2.24, 2.45) is 5.92 Å². The predicted molar refractivity (Wildman–Crippen MR) is 123 cm³/mol. The third-order valence-corrected chi connectivity index (χ3v) is 7.53. The average molecular weight is 484 g/mol. The Balaban J connectivity index is 1.69. The highest BCUT2D eigenvalue weighted by atomic mass is 19.4. The van der Waals surface area contributed by atoms with Crippen molar-refractivity contribution in [3.8, 4) is 0 Å². The van der Waals surface area contributed by atoms with Gasteiger partial charge in [0.25, 0.3) is 5.91 Å². The van der Waals surface area contributed by atoms with E-state index in [2.05, 4.69) is 31.1 Å². The average Bonchev–Trinajstić information content (AvgIpc) is 3.16. The first kappa shape index (κ1) is 26.5. The number of amides is 2. The van der Waals surface area contributed by atoms with Gasteiger partial charge >= 0.3 is 6.18 Å². The Morgan fingerprint density at radius 3 is 2.59 bits per heavy atom. The molecular formula is C25H36F3N3O3. The van der Waals surface area contributed by atoms with E-state index in [-0.39, 0.29) is 23.4 Å². The number of aliphatic hydroxyl groups is 1. The van der Waals surface area contributed by atoms with Gasteiger partial charge in [0.2, 0.25) is 5.91 Å². The lowest BCUT2D eigenvalue weighted by Crippen LogP contribution is -2.54. The van der Waals surface area contributed by atoms with E-state index in [0.29, 0.717) is 31.5 Å². The Morgan fingerprint density at radius 1 is 1.26 bits per heavy atom. The molecule has 0 bridgehead atoms. The van der Waals surface area contributed by atoms with Crippen molar-refractivity contribution >= 4 is 11.8 Å². The van der Waals surface area contributed by atoms with Crippen molar-refractivity contribution in [1.29, 1.82) is 0 Å². The van der Waals surface area contributed by atoms with Gasteiger partial charge in [0, 0.05) is 36.2 Å². The normalized spacial score (nSPS) is 26.9. The number of nitrogens with one attached hydrogen (secondary N) is 1. The van der Waals surface area contributed by atoms with Gasteiger partial charge in [0.1, 0.15) is 6.04 Å². The second kappa shape index (κ2) is 10.6. The van der Waals surface area contributed by atoms with Crippen LogP contribution in [0, 0.1) is 5.92 Å². The van der Waals surface area contributed by atoms with Gasteiger partial charge in [-0.1, -0.05) is 13.0 Å². The molecule has 1 aliphatic carbocycles. The second-order valence-corrected chi connectivity index (χ2v) is 9.86. The summed E-state index contributed by atoms with van der Waals surface area (Å²) in [6.07, 6.45) is -1.62. The summed E-state index contributed by atoms with van der Waals surface area (Å²) in [6, 6.07) is 4.01. The number of nitrogens with zero attached hydrogens (tertiary/aromatic N) is 2. The molecular weight excluding hydrogens is 447 g/mol. The highest BCUT2D eigenvalue weighted by Crippen LogP contribution is 2.36. The Labute approximate surface area is 199 Å². The number of hydrogen-bond donors (Lipinski definition) is 2. The van der Waals surface area contributed by atoms with Crippen LogP contribution in [0.1, 0.15) is 68.8 Å². The molecule has 1 saturated heterocycles. The number of carbonyl (C=O) groups excluding carboxylic acids is 2. The summed E-state index contributed by atoms with van der Waals surface area (Å²) in [6.45, 7) is 6.66. The minimum atomic E-state index is -4.55. The lowest BCUT2D eigenvalue weighted by molar-refractivity contribution is -0.137. The topological polar surface area (TPSA) is 72.9 Å². The number of hydrogen-bond acceptors (Lipinski definition) is 4. The molecule has 2 aliphatic rings. The maximum absolute atomic E-state index is 13.2. The number of likely N-dealkylation sites (tertiary alicyclic amines) is 1. The molecule has 2 amide bonds. The lowest BCUT2D eigenvalue weighted by atomic mass is 9.76. The molecule has 1 aromatic rings. The van der Waals surface area contributed by atoms with E-state index in [1.165, 1.54) is 12.1 Å². The standard InChI is InChI=1S/C25H36F3N3O3/c1-5-22(32)19-14-18(30(4)15(2)3)9-10-21(19)31-12-11-20(24(31)34)29-23(33)16-7-6-8-17(13-16)25(26,27)28/h6-8,13,15,18-22,32H,5,9-12,14H2,1-4H3,(H,29,33). The van der Waals surface area contributed by atoms with E-state index in [0.717, 1.165) is 31.4 Å². The molecule has 1 heterocycles. The van der Waals surface area contributed by atoms with E-state index < -0.39 is 29.8 Å². The van der Waals surface area contributed by atoms with Crippen LogP contribution >= 0.6 is 0 Å². The fraction of sp³-hybridized carbons (Fsp3) is 0.680. The molecule has 190 valence electrons. The fourth-order valence-electron chi connectivity index (χ4n) is 5.30. The highest BCUT2D eigenvalue weighted by Gasteiger charge is 2.44. The van der Waals surface area contributed by atoms with Crippen LogP contribution in [0.25, 0.3) is 0 Å². The molecule has 0 spiro atoms. The summed E-state index contributed by atoms with van der Waals surface area (Å²) in [4.78, 5) is 29.9. The Bertz CT molecular complexity index is 876. The SMILES string of the molecule is CCC(O)C1CC(N(C)C(C)C)CCC1N1CCC(NC(=O)c2cccc(C(F)(F)F)c2)C1=O. The van der Waals surface area contributed by atoms with Crippen molar-refractivity contribution < 1.29 is 27.9 Å². The molecule has 9 heteroatoms. The van der Waals surface area contributed by atoms with Gasteiger partial charge in [-0.3, -0.25) is 9.59 Å². The monoisotopic (exact) mass is 483 g/mol. The first-order chi connectivity index (χ1) is 15.9. The first-order valence-electron chi connectivity index (χ1n) is 12.1. The molecule has 1 aromatic carbocycles. The van der Waals surface area contributed by atoms with Crippen LogP contribution in [0.3, 0.4) is 0 Å². The Hall–Kier alpha value is -2.13. The van der Waals surface area contributed by atoms with Crippen molar-refractivity contribution in [2.75, 3.05) is 13.6 Å². The fourth-order valence-corrected chi connectivity index (χ4v) is 5.30. The van der Waals surface area contributed by atoms with E-state index in [9.17, 15) is 27.9 Å². The molecule has 3 rings (SSSR count). The summed E-state index contributed by atoms with van der Waals surface area (Å²) in [7, 11) is 2.09. The number of alkyl halides is 3. The molecule has 5 atom stereocenters. The van der Waals surface area contributed by atoms with Crippen LogP contribution in [0.4, 0.5) is 13.2 Å². The molecule has 0 aromatic heterocycles. The van der Waals surface area contributed by atoms with Gasteiger partial charge in [0.15, 0.2) is 0 Å². The molecule has 34 heavy (non-hydrogen) atoms. The zero-order chi connectivity index (χ0) is 25.2. The van der Waals surface area contributed by atoms with Crippen LogP contribution in [0.5, 0.6) is 0 Å². The van der Waals surface area contributed by atoms with Crippen LogP contribution in [0.15, 0.2) is 24.3 Å². The summed E-state index contributed by atoms with van der Waals surface area (Å²) < 4.78 is 39.0. The zero-order valence-electron chi connectivity index (χ0n) is 20.3. The third-order valence-electron chi connectivity index (χ3n) is 7.53.